The lowest BCUT2D eigenvalue weighted by Crippen LogP contribution is -2.34. The predicted molar refractivity (Wildman–Crippen MR) is 74.8 cm³/mol. The molecule has 4 heteroatoms. The number of ether oxygens (including phenoxy) is 1. The molecule has 1 aliphatic rings. The van der Waals surface area contributed by atoms with Crippen molar-refractivity contribution < 1.29 is 9.53 Å². The van der Waals surface area contributed by atoms with Crippen LogP contribution in [0.5, 0.6) is 0 Å². The molecule has 3 nitrogen and oxygen atoms in total. The molecular weight excluding hydrogens is 294 g/mol. The first-order chi connectivity index (χ1) is 8.58. The summed E-state index contributed by atoms with van der Waals surface area (Å²) in [5.41, 5.74) is 2.51. The first-order valence-corrected chi connectivity index (χ1v) is 7.12. The van der Waals surface area contributed by atoms with Crippen molar-refractivity contribution in [1.82, 2.24) is 5.32 Å². The maximum absolute atomic E-state index is 11.8. The molecule has 0 aromatic heterocycles. The van der Waals surface area contributed by atoms with Crippen molar-refractivity contribution in [2.45, 2.75) is 37.2 Å². The zero-order valence-corrected chi connectivity index (χ0v) is 12.2. The fourth-order valence-electron chi connectivity index (χ4n) is 2.17. The van der Waals surface area contributed by atoms with Gasteiger partial charge in [-0.25, -0.2) is 0 Å². The Kier molecular flexibility index (Phi) is 4.40. The van der Waals surface area contributed by atoms with Crippen molar-refractivity contribution in [3.63, 3.8) is 0 Å². The molecule has 18 heavy (non-hydrogen) atoms. The van der Waals surface area contributed by atoms with E-state index in [2.05, 4.69) is 33.4 Å². The highest BCUT2D eigenvalue weighted by atomic mass is 79.9. The van der Waals surface area contributed by atoms with E-state index in [1.165, 1.54) is 11.1 Å². The Morgan fingerprint density at radius 3 is 2.94 bits per heavy atom. The maximum atomic E-state index is 11.8. The summed E-state index contributed by atoms with van der Waals surface area (Å²) >= 11 is 3.64. The normalized spacial score (nSPS) is 22.0. The summed E-state index contributed by atoms with van der Waals surface area (Å²) in [5, 5.41) is 3.03. The third-order valence-electron chi connectivity index (χ3n) is 3.03. The second-order valence-electron chi connectivity index (χ2n) is 4.82. The van der Waals surface area contributed by atoms with Gasteiger partial charge in [-0.05, 0) is 31.4 Å². The van der Waals surface area contributed by atoms with Crippen LogP contribution >= 0.6 is 15.9 Å². The lowest BCUT2D eigenvalue weighted by molar-refractivity contribution is -0.127. The van der Waals surface area contributed by atoms with Crippen molar-refractivity contribution in [1.29, 1.82) is 0 Å². The molecule has 0 spiro atoms. The van der Waals surface area contributed by atoms with Crippen LogP contribution < -0.4 is 5.32 Å². The number of benzene rings is 1. The number of alkyl halides is 1. The molecule has 1 amide bonds. The van der Waals surface area contributed by atoms with Crippen LogP contribution in [0.2, 0.25) is 0 Å². The second kappa shape index (κ2) is 5.85. The van der Waals surface area contributed by atoms with Gasteiger partial charge in [0.15, 0.2) is 0 Å². The summed E-state index contributed by atoms with van der Waals surface area (Å²) in [6, 6.07) is 8.27. The molecular formula is C14H18BrNO2. The highest BCUT2D eigenvalue weighted by Crippen LogP contribution is 2.35. The molecule has 1 aliphatic carbocycles. The van der Waals surface area contributed by atoms with Crippen molar-refractivity contribution in [3.05, 3.63) is 35.4 Å². The largest absolute Gasteiger partial charge is 0.369 e. The van der Waals surface area contributed by atoms with Gasteiger partial charge in [0.25, 0.3) is 0 Å². The number of fused-ring (bicyclic) bond motifs is 1. The molecule has 0 saturated carbocycles. The van der Waals surface area contributed by atoms with Gasteiger partial charge in [-0.1, -0.05) is 40.2 Å². The zero-order valence-electron chi connectivity index (χ0n) is 10.7. The average Bonchev–Trinajstić information content (AvgIpc) is 2.64. The Hall–Kier alpha value is -0.870. The summed E-state index contributed by atoms with van der Waals surface area (Å²) in [6.07, 6.45) is 1.03. The summed E-state index contributed by atoms with van der Waals surface area (Å²) in [7, 11) is 0. The molecule has 0 fully saturated rings. The molecule has 0 saturated heterocycles. The number of nitrogens with one attached hydrogen (secondary N) is 1. The van der Waals surface area contributed by atoms with E-state index in [1.807, 2.05) is 26.0 Å². The van der Waals surface area contributed by atoms with Gasteiger partial charge in [-0.3, -0.25) is 4.79 Å². The number of hydrogen-bond acceptors (Lipinski definition) is 2. The first-order valence-electron chi connectivity index (χ1n) is 6.20. The third kappa shape index (κ3) is 3.12. The summed E-state index contributed by atoms with van der Waals surface area (Å²) in [5.74, 6) is -0.0603. The summed E-state index contributed by atoms with van der Waals surface area (Å²) in [6.45, 7) is 3.97. The molecule has 0 heterocycles. The van der Waals surface area contributed by atoms with Crippen LogP contribution in [-0.4, -0.2) is 23.4 Å². The first kappa shape index (κ1) is 13.6. The van der Waals surface area contributed by atoms with E-state index in [0.717, 1.165) is 6.42 Å². The monoisotopic (exact) mass is 311 g/mol. The molecule has 1 aromatic rings. The highest BCUT2D eigenvalue weighted by molar-refractivity contribution is 9.09. The molecule has 2 unspecified atom stereocenters. The minimum atomic E-state index is -0.0603. The maximum Gasteiger partial charge on any atom is 0.246 e. The van der Waals surface area contributed by atoms with Gasteiger partial charge in [0.2, 0.25) is 5.91 Å². The number of rotatable bonds is 4. The number of hydrogen-bond donors (Lipinski definition) is 1. The van der Waals surface area contributed by atoms with Crippen LogP contribution in [0.4, 0.5) is 0 Å². The predicted octanol–water partition coefficient (Wildman–Crippen LogP) is 2.59. The lowest BCUT2D eigenvalue weighted by atomic mass is 10.1. The molecule has 1 N–H and O–H groups in total. The SMILES string of the molecule is CC(C)OCC(=O)NC1c2ccccc2CC1Br. The number of amides is 1. The second-order valence-corrected chi connectivity index (χ2v) is 6.00. The standard InChI is InChI=1S/C14H18BrNO2/c1-9(2)18-8-13(17)16-14-11-6-4-3-5-10(11)7-12(14)15/h3-6,9,12,14H,7-8H2,1-2H3,(H,16,17). The summed E-state index contributed by atoms with van der Waals surface area (Å²) in [4.78, 5) is 12.1. The molecule has 0 bridgehead atoms. The van der Waals surface area contributed by atoms with Gasteiger partial charge >= 0.3 is 0 Å². The molecule has 0 radical (unpaired) electrons. The Labute approximate surface area is 116 Å². The van der Waals surface area contributed by atoms with Crippen LogP contribution in [0.1, 0.15) is 31.0 Å². The Balaban J connectivity index is 1.99. The van der Waals surface area contributed by atoms with E-state index in [-0.39, 0.29) is 29.5 Å². The van der Waals surface area contributed by atoms with Crippen molar-refractivity contribution in [2.24, 2.45) is 0 Å². The van der Waals surface area contributed by atoms with Crippen molar-refractivity contribution >= 4 is 21.8 Å². The minimum absolute atomic E-state index is 0.0458. The van der Waals surface area contributed by atoms with Crippen molar-refractivity contribution in [2.75, 3.05) is 6.61 Å². The average molecular weight is 312 g/mol. The van der Waals surface area contributed by atoms with Crippen LogP contribution in [0.15, 0.2) is 24.3 Å². The van der Waals surface area contributed by atoms with Crippen LogP contribution in [-0.2, 0) is 16.0 Å². The van der Waals surface area contributed by atoms with Gasteiger partial charge in [0.1, 0.15) is 6.61 Å². The van der Waals surface area contributed by atoms with E-state index in [9.17, 15) is 4.79 Å². The lowest BCUT2D eigenvalue weighted by Gasteiger charge is -2.18. The molecule has 2 rings (SSSR count). The Morgan fingerprint density at radius 1 is 1.50 bits per heavy atom. The van der Waals surface area contributed by atoms with E-state index >= 15 is 0 Å². The minimum Gasteiger partial charge on any atom is -0.369 e. The van der Waals surface area contributed by atoms with Crippen LogP contribution in [0.25, 0.3) is 0 Å². The van der Waals surface area contributed by atoms with Gasteiger partial charge in [0.05, 0.1) is 12.1 Å². The Bertz CT molecular complexity index is 434. The van der Waals surface area contributed by atoms with E-state index in [4.69, 9.17) is 4.74 Å². The van der Waals surface area contributed by atoms with Gasteiger partial charge in [-0.2, -0.15) is 0 Å². The fraction of sp³-hybridized carbons (Fsp3) is 0.500. The highest BCUT2D eigenvalue weighted by Gasteiger charge is 2.31. The zero-order chi connectivity index (χ0) is 13.1. The smallest absolute Gasteiger partial charge is 0.246 e. The third-order valence-corrected chi connectivity index (χ3v) is 3.88. The van der Waals surface area contributed by atoms with Gasteiger partial charge < -0.3 is 10.1 Å². The van der Waals surface area contributed by atoms with Gasteiger partial charge in [-0.15, -0.1) is 0 Å². The summed E-state index contributed by atoms with van der Waals surface area (Å²) < 4.78 is 5.31. The van der Waals surface area contributed by atoms with Gasteiger partial charge in [0, 0.05) is 4.83 Å². The van der Waals surface area contributed by atoms with Crippen LogP contribution in [0, 0.1) is 0 Å². The van der Waals surface area contributed by atoms with E-state index < -0.39 is 0 Å². The quantitative estimate of drug-likeness (QED) is 0.868. The van der Waals surface area contributed by atoms with Crippen molar-refractivity contribution in [3.8, 4) is 0 Å². The topological polar surface area (TPSA) is 38.3 Å². The molecule has 0 aliphatic heterocycles. The molecule has 2 atom stereocenters. The fourth-order valence-corrected chi connectivity index (χ4v) is 2.94. The number of carbonyl (C=O) groups excluding carboxylic acids is 1. The Morgan fingerprint density at radius 2 is 2.22 bits per heavy atom. The molecule has 98 valence electrons. The van der Waals surface area contributed by atoms with E-state index in [1.54, 1.807) is 0 Å². The molecule has 1 aromatic carbocycles. The number of carbonyl (C=O) groups is 1. The van der Waals surface area contributed by atoms with E-state index in [0.29, 0.717) is 0 Å². The number of halogens is 1. The van der Waals surface area contributed by atoms with Crippen LogP contribution in [0.3, 0.4) is 0 Å².